The molecule has 0 bridgehead atoms. The van der Waals surface area contributed by atoms with Gasteiger partial charge in [0.25, 0.3) is 0 Å². The van der Waals surface area contributed by atoms with Crippen LogP contribution in [0, 0.1) is 0 Å². The van der Waals surface area contributed by atoms with Gasteiger partial charge in [-0.3, -0.25) is 4.79 Å². The van der Waals surface area contributed by atoms with Crippen LogP contribution in [0.2, 0.25) is 0 Å². The Morgan fingerprint density at radius 1 is 1.44 bits per heavy atom. The summed E-state index contributed by atoms with van der Waals surface area (Å²) < 4.78 is 5.09. The third kappa shape index (κ3) is 1.30. The molecule has 84 valence electrons. The van der Waals surface area contributed by atoms with Crippen molar-refractivity contribution < 1.29 is 9.53 Å². The molecular formula is C12H14N2O2. The lowest BCUT2D eigenvalue weighted by Crippen LogP contribution is -2.80. The summed E-state index contributed by atoms with van der Waals surface area (Å²) in [6.45, 7) is 1.65. The van der Waals surface area contributed by atoms with Crippen molar-refractivity contribution in [2.75, 3.05) is 13.7 Å². The number of hydrogen-bond acceptors (Lipinski definition) is 3. The molecule has 16 heavy (non-hydrogen) atoms. The largest absolute Gasteiger partial charge is 0.497 e. The molecule has 1 amide bonds. The van der Waals surface area contributed by atoms with Crippen LogP contribution >= 0.6 is 0 Å². The first-order valence-electron chi connectivity index (χ1n) is 5.46. The van der Waals surface area contributed by atoms with E-state index in [0.29, 0.717) is 12.6 Å². The van der Waals surface area contributed by atoms with Crippen molar-refractivity contribution in [1.29, 1.82) is 0 Å². The molecule has 1 aromatic rings. The van der Waals surface area contributed by atoms with E-state index in [1.807, 2.05) is 29.2 Å². The van der Waals surface area contributed by atoms with Crippen molar-refractivity contribution in [2.24, 2.45) is 0 Å². The number of nitrogens with zero attached hydrogens (tertiary/aromatic N) is 1. The average molecular weight is 218 g/mol. The first-order chi connectivity index (χ1) is 7.79. The van der Waals surface area contributed by atoms with Crippen molar-refractivity contribution in [1.82, 2.24) is 10.2 Å². The molecule has 0 aliphatic carbocycles. The van der Waals surface area contributed by atoms with Crippen LogP contribution in [-0.4, -0.2) is 36.5 Å². The molecule has 0 aromatic heterocycles. The molecule has 0 spiro atoms. The number of β-lactam (4-membered cyclic amide) rings is 1. The zero-order valence-electron chi connectivity index (χ0n) is 9.14. The molecule has 2 aliphatic heterocycles. The van der Waals surface area contributed by atoms with Gasteiger partial charge in [0.1, 0.15) is 11.8 Å². The van der Waals surface area contributed by atoms with Gasteiger partial charge in [0, 0.05) is 13.1 Å². The van der Waals surface area contributed by atoms with Gasteiger partial charge >= 0.3 is 0 Å². The van der Waals surface area contributed by atoms with Gasteiger partial charge in [-0.1, -0.05) is 12.1 Å². The van der Waals surface area contributed by atoms with Gasteiger partial charge in [0.2, 0.25) is 5.91 Å². The molecule has 1 N–H and O–H groups in total. The van der Waals surface area contributed by atoms with E-state index in [1.165, 1.54) is 0 Å². The maximum Gasteiger partial charge on any atom is 0.242 e. The smallest absolute Gasteiger partial charge is 0.242 e. The molecule has 0 saturated carbocycles. The number of likely N-dealkylation sites (tertiary alicyclic amines) is 1. The van der Waals surface area contributed by atoms with E-state index in [4.69, 9.17) is 4.74 Å². The number of carbonyl (C=O) groups excluding carboxylic acids is 1. The van der Waals surface area contributed by atoms with Crippen molar-refractivity contribution in [3.63, 3.8) is 0 Å². The molecule has 4 nitrogen and oxygen atoms in total. The van der Waals surface area contributed by atoms with Gasteiger partial charge < -0.3 is 15.0 Å². The number of hydrogen-bond donors (Lipinski definition) is 1. The Morgan fingerprint density at radius 3 is 2.69 bits per heavy atom. The van der Waals surface area contributed by atoms with E-state index in [-0.39, 0.29) is 11.9 Å². The molecule has 2 saturated heterocycles. The summed E-state index contributed by atoms with van der Waals surface area (Å²) >= 11 is 0. The lowest BCUT2D eigenvalue weighted by molar-refractivity contribution is -0.160. The predicted molar refractivity (Wildman–Crippen MR) is 59.1 cm³/mol. The van der Waals surface area contributed by atoms with Gasteiger partial charge in [-0.2, -0.15) is 0 Å². The Labute approximate surface area is 94.2 Å². The number of ether oxygens (including phenoxy) is 1. The van der Waals surface area contributed by atoms with Gasteiger partial charge in [-0.25, -0.2) is 0 Å². The van der Waals surface area contributed by atoms with Crippen LogP contribution in [0.15, 0.2) is 24.3 Å². The number of piperazine rings is 1. The van der Waals surface area contributed by atoms with E-state index < -0.39 is 0 Å². The number of rotatable bonds is 3. The van der Waals surface area contributed by atoms with Gasteiger partial charge in [-0.05, 0) is 17.7 Å². The highest BCUT2D eigenvalue weighted by Gasteiger charge is 2.52. The fourth-order valence-electron chi connectivity index (χ4n) is 2.27. The van der Waals surface area contributed by atoms with Gasteiger partial charge in [0.05, 0.1) is 13.2 Å². The number of benzene rings is 1. The summed E-state index contributed by atoms with van der Waals surface area (Å²) in [6.07, 6.45) is 0. The lowest BCUT2D eigenvalue weighted by Gasteiger charge is -2.54. The third-order valence-corrected chi connectivity index (χ3v) is 3.39. The second-order valence-corrected chi connectivity index (χ2v) is 4.27. The van der Waals surface area contributed by atoms with E-state index in [2.05, 4.69) is 5.32 Å². The van der Waals surface area contributed by atoms with Crippen molar-refractivity contribution >= 4 is 5.91 Å². The summed E-state index contributed by atoms with van der Waals surface area (Å²) in [7, 11) is 1.65. The fraction of sp³-hybridized carbons (Fsp3) is 0.417. The first-order valence-corrected chi connectivity index (χ1v) is 5.46. The van der Waals surface area contributed by atoms with E-state index in [0.717, 1.165) is 17.9 Å². The molecule has 1 unspecified atom stereocenters. The molecular weight excluding hydrogens is 204 g/mol. The average Bonchev–Trinajstić information content (AvgIpc) is 2.28. The third-order valence-electron chi connectivity index (χ3n) is 3.39. The van der Waals surface area contributed by atoms with Crippen LogP contribution in [0.25, 0.3) is 0 Å². The predicted octanol–water partition coefficient (Wildman–Crippen LogP) is 0.378. The summed E-state index contributed by atoms with van der Waals surface area (Å²) in [4.78, 5) is 13.5. The Kier molecular flexibility index (Phi) is 2.11. The normalized spacial score (nSPS) is 26.8. The number of nitrogens with one attached hydrogen (secondary N) is 1. The number of amides is 1. The Balaban J connectivity index is 1.67. The zero-order chi connectivity index (χ0) is 11.1. The standard InChI is InChI=1S/C12H14N2O2/c1-16-9-4-2-8(3-5-9)7-14-10-6-13-11(10)12(14)15/h2-5,10-11,13H,6-7H2,1H3/t10?,11-/m1/s1. The first kappa shape index (κ1) is 9.66. The quantitative estimate of drug-likeness (QED) is 0.746. The van der Waals surface area contributed by atoms with E-state index in [1.54, 1.807) is 7.11 Å². The van der Waals surface area contributed by atoms with Crippen molar-refractivity contribution in [3.8, 4) is 5.75 Å². The molecule has 0 radical (unpaired) electrons. The maximum absolute atomic E-state index is 11.6. The lowest BCUT2D eigenvalue weighted by atomic mass is 9.87. The molecule has 4 heteroatoms. The molecule has 2 atom stereocenters. The van der Waals surface area contributed by atoms with E-state index in [9.17, 15) is 4.79 Å². The van der Waals surface area contributed by atoms with Crippen LogP contribution in [0.3, 0.4) is 0 Å². The molecule has 2 fully saturated rings. The number of carbonyl (C=O) groups is 1. The Hall–Kier alpha value is -1.55. The van der Waals surface area contributed by atoms with Crippen LogP contribution in [0.1, 0.15) is 5.56 Å². The Morgan fingerprint density at radius 2 is 2.19 bits per heavy atom. The van der Waals surface area contributed by atoms with E-state index >= 15 is 0 Å². The highest BCUT2D eigenvalue weighted by atomic mass is 16.5. The molecule has 2 aliphatic rings. The summed E-state index contributed by atoms with van der Waals surface area (Å²) in [5.74, 6) is 1.08. The number of methoxy groups -OCH3 is 1. The minimum Gasteiger partial charge on any atom is -0.497 e. The van der Waals surface area contributed by atoms with Crippen LogP contribution < -0.4 is 10.1 Å². The topological polar surface area (TPSA) is 41.6 Å². The molecule has 3 rings (SSSR count). The van der Waals surface area contributed by atoms with Crippen LogP contribution in [0.4, 0.5) is 0 Å². The second-order valence-electron chi connectivity index (χ2n) is 4.27. The summed E-state index contributed by atoms with van der Waals surface area (Å²) in [5, 5.41) is 3.12. The fourth-order valence-corrected chi connectivity index (χ4v) is 2.27. The SMILES string of the molecule is COc1ccc(CN2C(=O)[C@@H]3NCC32)cc1. The van der Waals surface area contributed by atoms with Gasteiger partial charge in [0.15, 0.2) is 0 Å². The Bertz CT molecular complexity index is 416. The highest BCUT2D eigenvalue weighted by Crippen LogP contribution is 2.28. The minimum atomic E-state index is 0.109. The highest BCUT2D eigenvalue weighted by molar-refractivity contribution is 5.91. The zero-order valence-corrected chi connectivity index (χ0v) is 9.14. The van der Waals surface area contributed by atoms with Crippen LogP contribution in [0.5, 0.6) is 5.75 Å². The van der Waals surface area contributed by atoms with Crippen molar-refractivity contribution in [2.45, 2.75) is 18.6 Å². The minimum absolute atomic E-state index is 0.109. The monoisotopic (exact) mass is 218 g/mol. The number of fused-ring (bicyclic) bond motifs is 1. The maximum atomic E-state index is 11.6. The van der Waals surface area contributed by atoms with Gasteiger partial charge in [-0.15, -0.1) is 0 Å². The second kappa shape index (κ2) is 3.49. The molecule has 1 aromatic carbocycles. The summed E-state index contributed by atoms with van der Waals surface area (Å²) in [5.41, 5.74) is 1.15. The van der Waals surface area contributed by atoms with Crippen molar-refractivity contribution in [3.05, 3.63) is 29.8 Å². The van der Waals surface area contributed by atoms with Crippen LogP contribution in [-0.2, 0) is 11.3 Å². The molecule has 2 heterocycles. The summed E-state index contributed by atoms with van der Waals surface area (Å²) in [6, 6.07) is 8.40.